The number of benzene rings is 2. The van der Waals surface area contributed by atoms with Crippen LogP contribution < -0.4 is 5.84 Å². The summed E-state index contributed by atoms with van der Waals surface area (Å²) in [5.41, 5.74) is 2.62. The van der Waals surface area contributed by atoms with Crippen molar-refractivity contribution in [2.24, 2.45) is 16.2 Å². The van der Waals surface area contributed by atoms with Crippen molar-refractivity contribution in [3.63, 3.8) is 0 Å². The van der Waals surface area contributed by atoms with Crippen LogP contribution >= 0.6 is 0 Å². The van der Waals surface area contributed by atoms with Crippen LogP contribution in [0.5, 0.6) is 0 Å². The van der Waals surface area contributed by atoms with Crippen LogP contribution in [0.1, 0.15) is 18.5 Å². The van der Waals surface area contributed by atoms with E-state index in [0.29, 0.717) is 0 Å². The fourth-order valence-electron chi connectivity index (χ4n) is 2.14. The summed E-state index contributed by atoms with van der Waals surface area (Å²) in [6.07, 6.45) is 0. The molecule has 0 spiro atoms. The molecule has 5 nitrogen and oxygen atoms in total. The van der Waals surface area contributed by atoms with E-state index in [4.69, 9.17) is 10.6 Å². The number of esters is 1. The minimum absolute atomic E-state index is 0.281. The van der Waals surface area contributed by atoms with Crippen molar-refractivity contribution < 1.29 is 9.53 Å². The molecule has 0 radical (unpaired) electrons. The Morgan fingerprint density at radius 2 is 1.81 bits per heavy atom. The average molecular weight is 283 g/mol. The number of rotatable bonds is 5. The van der Waals surface area contributed by atoms with Crippen molar-refractivity contribution in [3.05, 3.63) is 60.2 Å². The van der Waals surface area contributed by atoms with Crippen molar-refractivity contribution in [3.8, 4) is 11.1 Å². The zero-order valence-electron chi connectivity index (χ0n) is 11.8. The summed E-state index contributed by atoms with van der Waals surface area (Å²) < 4.78 is 5.05. The molecule has 0 aliphatic rings. The monoisotopic (exact) mass is 283 g/mol. The standard InChI is InChI=1S/C16H17N3O2/c1-2-21-16(20)15(18-19-17)14-11-7-6-10-13(14)12-8-4-3-5-9-12/h3-11,15H,2H2,1H3,(H2,17,18). The third-order valence-electron chi connectivity index (χ3n) is 3.03. The molecule has 0 bridgehead atoms. The highest BCUT2D eigenvalue weighted by Crippen LogP contribution is 2.30. The molecule has 21 heavy (non-hydrogen) atoms. The lowest BCUT2D eigenvalue weighted by Crippen LogP contribution is -2.15. The molecule has 1 atom stereocenters. The van der Waals surface area contributed by atoms with Crippen LogP contribution in [0.25, 0.3) is 11.1 Å². The van der Waals surface area contributed by atoms with Gasteiger partial charge in [0.1, 0.15) is 0 Å². The maximum atomic E-state index is 12.1. The third kappa shape index (κ3) is 3.45. The number of carbonyl (C=O) groups excluding carboxylic acids is 1. The first kappa shape index (κ1) is 14.7. The first-order valence-corrected chi connectivity index (χ1v) is 6.69. The van der Waals surface area contributed by atoms with E-state index in [1.54, 1.807) is 6.92 Å². The largest absolute Gasteiger partial charge is 0.464 e. The van der Waals surface area contributed by atoms with E-state index in [9.17, 15) is 4.79 Å². The zero-order valence-corrected chi connectivity index (χ0v) is 11.8. The maximum Gasteiger partial charge on any atom is 0.337 e. The first-order chi connectivity index (χ1) is 10.3. The Morgan fingerprint density at radius 1 is 1.14 bits per heavy atom. The van der Waals surface area contributed by atoms with Gasteiger partial charge < -0.3 is 10.6 Å². The van der Waals surface area contributed by atoms with Gasteiger partial charge in [-0.1, -0.05) is 59.8 Å². The van der Waals surface area contributed by atoms with Crippen molar-refractivity contribution in [2.75, 3.05) is 6.61 Å². The Bertz CT molecular complexity index is 626. The van der Waals surface area contributed by atoms with Gasteiger partial charge in [0.2, 0.25) is 0 Å². The second-order valence-corrected chi connectivity index (χ2v) is 4.34. The number of carbonyl (C=O) groups is 1. The number of hydrogen-bond acceptors (Lipinski definition) is 4. The van der Waals surface area contributed by atoms with E-state index in [2.05, 4.69) is 10.3 Å². The molecule has 1 unspecified atom stereocenters. The molecule has 2 rings (SSSR count). The van der Waals surface area contributed by atoms with E-state index in [0.717, 1.165) is 16.7 Å². The summed E-state index contributed by atoms with van der Waals surface area (Å²) in [5, 5.41) is 7.10. The number of ether oxygens (including phenoxy) is 1. The lowest BCUT2D eigenvalue weighted by Gasteiger charge is -2.15. The number of nitrogens with two attached hydrogens (primary N) is 1. The Balaban J connectivity index is 2.49. The molecule has 0 saturated carbocycles. The molecule has 0 saturated heterocycles. The molecule has 0 aromatic heterocycles. The van der Waals surface area contributed by atoms with Crippen molar-refractivity contribution in [1.29, 1.82) is 0 Å². The molecular formula is C16H17N3O2. The van der Waals surface area contributed by atoms with E-state index in [1.807, 2.05) is 54.6 Å². The lowest BCUT2D eigenvalue weighted by molar-refractivity contribution is -0.144. The highest BCUT2D eigenvalue weighted by molar-refractivity contribution is 5.82. The zero-order chi connectivity index (χ0) is 15.1. The van der Waals surface area contributed by atoms with Gasteiger partial charge in [-0.25, -0.2) is 4.79 Å². The van der Waals surface area contributed by atoms with Crippen molar-refractivity contribution in [1.82, 2.24) is 0 Å². The van der Waals surface area contributed by atoms with E-state index >= 15 is 0 Å². The average Bonchev–Trinajstić information content (AvgIpc) is 2.54. The van der Waals surface area contributed by atoms with Gasteiger partial charge in [-0.15, -0.1) is 0 Å². The quantitative estimate of drug-likeness (QED) is 0.396. The van der Waals surface area contributed by atoms with Gasteiger partial charge in [-0.05, 0) is 23.6 Å². The normalized spacial score (nSPS) is 12.2. The Hall–Kier alpha value is -2.69. The topological polar surface area (TPSA) is 77.0 Å². The predicted molar refractivity (Wildman–Crippen MR) is 80.3 cm³/mol. The number of nitrogens with zero attached hydrogens (tertiary/aromatic N) is 2. The van der Waals surface area contributed by atoms with E-state index < -0.39 is 12.0 Å². The minimum atomic E-state index is -0.855. The summed E-state index contributed by atoms with van der Waals surface area (Å²) >= 11 is 0. The second-order valence-electron chi connectivity index (χ2n) is 4.34. The molecule has 0 amide bonds. The highest BCUT2D eigenvalue weighted by Gasteiger charge is 2.24. The summed E-state index contributed by atoms with van der Waals surface area (Å²) in [4.78, 5) is 12.1. The van der Waals surface area contributed by atoms with Gasteiger partial charge in [0.25, 0.3) is 0 Å². The molecular weight excluding hydrogens is 266 g/mol. The molecule has 2 aromatic carbocycles. The van der Waals surface area contributed by atoms with Crippen LogP contribution in [0.15, 0.2) is 64.9 Å². The van der Waals surface area contributed by atoms with Crippen LogP contribution in [-0.2, 0) is 9.53 Å². The maximum absolute atomic E-state index is 12.1. The van der Waals surface area contributed by atoms with E-state index in [-0.39, 0.29) is 6.61 Å². The summed E-state index contributed by atoms with van der Waals surface area (Å²) in [6, 6.07) is 16.4. The predicted octanol–water partition coefficient (Wildman–Crippen LogP) is 3.28. The van der Waals surface area contributed by atoms with Gasteiger partial charge in [0.05, 0.1) is 6.61 Å². The summed E-state index contributed by atoms with van der Waals surface area (Å²) in [7, 11) is 0. The van der Waals surface area contributed by atoms with Gasteiger partial charge in [0, 0.05) is 0 Å². The third-order valence-corrected chi connectivity index (χ3v) is 3.03. The van der Waals surface area contributed by atoms with Gasteiger partial charge >= 0.3 is 5.97 Å². The fourth-order valence-corrected chi connectivity index (χ4v) is 2.14. The Labute approximate surface area is 123 Å². The molecule has 2 aromatic rings. The van der Waals surface area contributed by atoms with Gasteiger partial charge in [-0.2, -0.15) is 5.11 Å². The Kier molecular flexibility index (Phi) is 5.04. The van der Waals surface area contributed by atoms with Crippen LogP contribution in [0.3, 0.4) is 0 Å². The van der Waals surface area contributed by atoms with E-state index in [1.165, 1.54) is 0 Å². The summed E-state index contributed by atoms with van der Waals surface area (Å²) in [6.45, 7) is 2.03. The van der Waals surface area contributed by atoms with Gasteiger partial charge in [0.15, 0.2) is 6.04 Å². The molecule has 0 heterocycles. The second kappa shape index (κ2) is 7.19. The first-order valence-electron chi connectivity index (χ1n) is 6.69. The molecule has 0 aliphatic heterocycles. The number of hydrogen-bond donors (Lipinski definition) is 1. The van der Waals surface area contributed by atoms with Crippen molar-refractivity contribution >= 4 is 5.97 Å². The van der Waals surface area contributed by atoms with Crippen LogP contribution in [-0.4, -0.2) is 12.6 Å². The summed E-state index contributed by atoms with van der Waals surface area (Å²) in [5.74, 6) is 4.68. The highest BCUT2D eigenvalue weighted by atomic mass is 16.5. The SMILES string of the molecule is CCOC(=O)C(N=NN)c1ccccc1-c1ccccc1. The fraction of sp³-hybridized carbons (Fsp3) is 0.188. The van der Waals surface area contributed by atoms with Crippen LogP contribution in [0, 0.1) is 0 Å². The minimum Gasteiger partial charge on any atom is -0.464 e. The molecule has 0 fully saturated rings. The smallest absolute Gasteiger partial charge is 0.337 e. The van der Waals surface area contributed by atoms with Crippen molar-refractivity contribution in [2.45, 2.75) is 13.0 Å². The molecule has 0 aliphatic carbocycles. The van der Waals surface area contributed by atoms with Crippen LogP contribution in [0.4, 0.5) is 0 Å². The Morgan fingerprint density at radius 3 is 2.48 bits per heavy atom. The molecule has 108 valence electrons. The van der Waals surface area contributed by atoms with Crippen LogP contribution in [0.2, 0.25) is 0 Å². The molecule has 2 N–H and O–H groups in total. The molecule has 5 heteroatoms. The lowest BCUT2D eigenvalue weighted by atomic mass is 9.95. The van der Waals surface area contributed by atoms with Gasteiger partial charge in [-0.3, -0.25) is 0 Å².